The van der Waals surface area contributed by atoms with Crippen LogP contribution in [0.25, 0.3) is 0 Å². The van der Waals surface area contributed by atoms with Gasteiger partial charge < -0.3 is 5.32 Å². The second-order valence-corrected chi connectivity index (χ2v) is 3.69. The van der Waals surface area contributed by atoms with Gasteiger partial charge in [0.25, 0.3) is 0 Å². The van der Waals surface area contributed by atoms with E-state index in [2.05, 4.69) is 37.1 Å². The van der Waals surface area contributed by atoms with Gasteiger partial charge in [-0.15, -0.1) is 0 Å². The smallest absolute Gasteiger partial charge is 0.0315 e. The van der Waals surface area contributed by atoms with Crippen LogP contribution < -0.4 is 5.32 Å². The summed E-state index contributed by atoms with van der Waals surface area (Å²) in [6, 6.07) is 5.12. The molecule has 0 fully saturated rings. The fourth-order valence-electron chi connectivity index (χ4n) is 1.61. The van der Waals surface area contributed by atoms with E-state index in [4.69, 9.17) is 0 Å². The quantitative estimate of drug-likeness (QED) is 0.776. The summed E-state index contributed by atoms with van der Waals surface area (Å²) in [5, 5.41) is 3.59. The highest BCUT2D eigenvalue weighted by atomic mass is 14.9. The maximum absolute atomic E-state index is 4.12. The lowest BCUT2D eigenvalue weighted by molar-refractivity contribution is 0.432. The zero-order chi connectivity index (χ0) is 10.4. The Balaban J connectivity index is 2.54. The van der Waals surface area contributed by atoms with Crippen molar-refractivity contribution in [1.82, 2.24) is 10.3 Å². The Morgan fingerprint density at radius 3 is 2.57 bits per heavy atom. The predicted octanol–water partition coefficient (Wildman–Crippen LogP) is 2.92. The van der Waals surface area contributed by atoms with Gasteiger partial charge in [0.05, 0.1) is 0 Å². The lowest BCUT2D eigenvalue weighted by atomic mass is 10.1. The third kappa shape index (κ3) is 3.11. The molecule has 1 aromatic heterocycles. The van der Waals surface area contributed by atoms with Crippen molar-refractivity contribution in [3.63, 3.8) is 0 Å². The van der Waals surface area contributed by atoms with Crippen LogP contribution in [0.1, 0.15) is 45.2 Å². The largest absolute Gasteiger partial charge is 0.307 e. The van der Waals surface area contributed by atoms with Gasteiger partial charge in [-0.3, -0.25) is 4.98 Å². The van der Waals surface area contributed by atoms with Crippen LogP contribution in [0, 0.1) is 0 Å². The molecule has 0 radical (unpaired) electrons. The van der Waals surface area contributed by atoms with Crippen LogP contribution in [0.15, 0.2) is 24.5 Å². The molecular formula is C12H20N2. The van der Waals surface area contributed by atoms with Gasteiger partial charge in [0.1, 0.15) is 0 Å². The van der Waals surface area contributed by atoms with Gasteiger partial charge in [-0.25, -0.2) is 0 Å². The lowest BCUT2D eigenvalue weighted by Crippen LogP contribution is -2.30. The SMILES string of the molecule is CCC(CC)N[C@H](C)c1cccnc1. The van der Waals surface area contributed by atoms with Gasteiger partial charge in [-0.1, -0.05) is 19.9 Å². The number of hydrogen-bond acceptors (Lipinski definition) is 2. The third-order valence-corrected chi connectivity index (χ3v) is 2.66. The first kappa shape index (κ1) is 11.2. The molecule has 2 nitrogen and oxygen atoms in total. The normalized spacial score (nSPS) is 13.1. The summed E-state index contributed by atoms with van der Waals surface area (Å²) in [4.78, 5) is 4.12. The van der Waals surface area contributed by atoms with Crippen molar-refractivity contribution in [2.45, 2.75) is 45.7 Å². The van der Waals surface area contributed by atoms with Crippen LogP contribution in [0.4, 0.5) is 0 Å². The zero-order valence-corrected chi connectivity index (χ0v) is 9.33. The third-order valence-electron chi connectivity index (χ3n) is 2.66. The van der Waals surface area contributed by atoms with Gasteiger partial charge in [0, 0.05) is 24.5 Å². The van der Waals surface area contributed by atoms with Crippen LogP contribution in [0.3, 0.4) is 0 Å². The minimum Gasteiger partial charge on any atom is -0.307 e. The molecule has 78 valence electrons. The van der Waals surface area contributed by atoms with E-state index >= 15 is 0 Å². The first-order chi connectivity index (χ1) is 6.77. The molecule has 1 rings (SSSR count). The highest BCUT2D eigenvalue weighted by molar-refractivity contribution is 5.12. The molecule has 1 atom stereocenters. The van der Waals surface area contributed by atoms with E-state index in [0.717, 1.165) is 0 Å². The van der Waals surface area contributed by atoms with Gasteiger partial charge in [-0.2, -0.15) is 0 Å². The van der Waals surface area contributed by atoms with Crippen LogP contribution in [-0.4, -0.2) is 11.0 Å². The van der Waals surface area contributed by atoms with Crippen molar-refractivity contribution >= 4 is 0 Å². The summed E-state index contributed by atoms with van der Waals surface area (Å²) in [6.45, 7) is 6.63. The Hall–Kier alpha value is -0.890. The molecule has 0 bridgehead atoms. The number of pyridine rings is 1. The van der Waals surface area contributed by atoms with Crippen molar-refractivity contribution in [2.24, 2.45) is 0 Å². The van der Waals surface area contributed by atoms with Crippen LogP contribution in [0.2, 0.25) is 0 Å². The second kappa shape index (κ2) is 5.76. The molecule has 0 unspecified atom stereocenters. The molecule has 2 heteroatoms. The topological polar surface area (TPSA) is 24.9 Å². The molecule has 1 aromatic rings. The van der Waals surface area contributed by atoms with Gasteiger partial charge in [-0.05, 0) is 31.4 Å². The van der Waals surface area contributed by atoms with Gasteiger partial charge >= 0.3 is 0 Å². The molecule has 0 amide bonds. The predicted molar refractivity (Wildman–Crippen MR) is 60.2 cm³/mol. The number of aromatic nitrogens is 1. The average Bonchev–Trinajstić information content (AvgIpc) is 2.26. The van der Waals surface area contributed by atoms with Crippen LogP contribution in [0.5, 0.6) is 0 Å². The standard InChI is InChI=1S/C12H20N2/c1-4-12(5-2)14-10(3)11-7-6-8-13-9-11/h6-10,12,14H,4-5H2,1-3H3/t10-/m1/s1. The fraction of sp³-hybridized carbons (Fsp3) is 0.583. The molecule has 0 aromatic carbocycles. The summed E-state index contributed by atoms with van der Waals surface area (Å²) in [6.07, 6.45) is 6.11. The van der Waals surface area contributed by atoms with E-state index in [-0.39, 0.29) is 0 Å². The van der Waals surface area contributed by atoms with E-state index in [9.17, 15) is 0 Å². The van der Waals surface area contributed by atoms with Crippen molar-refractivity contribution in [2.75, 3.05) is 0 Å². The fourth-order valence-corrected chi connectivity index (χ4v) is 1.61. The molecule has 0 saturated heterocycles. The molecule has 0 aliphatic rings. The highest BCUT2D eigenvalue weighted by Gasteiger charge is 2.09. The second-order valence-electron chi connectivity index (χ2n) is 3.69. The number of nitrogens with zero attached hydrogens (tertiary/aromatic N) is 1. The zero-order valence-electron chi connectivity index (χ0n) is 9.33. The van der Waals surface area contributed by atoms with E-state index in [0.29, 0.717) is 12.1 Å². The van der Waals surface area contributed by atoms with Gasteiger partial charge in [0.15, 0.2) is 0 Å². The Morgan fingerprint density at radius 2 is 2.07 bits per heavy atom. The molecule has 1 heterocycles. The average molecular weight is 192 g/mol. The molecule has 0 saturated carbocycles. The maximum atomic E-state index is 4.12. The summed E-state index contributed by atoms with van der Waals surface area (Å²) < 4.78 is 0. The number of rotatable bonds is 5. The Morgan fingerprint density at radius 1 is 1.36 bits per heavy atom. The maximum Gasteiger partial charge on any atom is 0.0315 e. The first-order valence-corrected chi connectivity index (χ1v) is 5.43. The van der Waals surface area contributed by atoms with Crippen molar-refractivity contribution in [3.05, 3.63) is 30.1 Å². The van der Waals surface area contributed by atoms with Crippen LogP contribution >= 0.6 is 0 Å². The van der Waals surface area contributed by atoms with E-state index in [1.54, 1.807) is 0 Å². The van der Waals surface area contributed by atoms with E-state index in [1.165, 1.54) is 18.4 Å². The summed E-state index contributed by atoms with van der Waals surface area (Å²) in [5.41, 5.74) is 1.26. The first-order valence-electron chi connectivity index (χ1n) is 5.43. The van der Waals surface area contributed by atoms with Gasteiger partial charge in [0.2, 0.25) is 0 Å². The van der Waals surface area contributed by atoms with Crippen molar-refractivity contribution < 1.29 is 0 Å². The molecule has 0 spiro atoms. The Labute approximate surface area is 86.8 Å². The Kier molecular flexibility index (Phi) is 4.60. The molecule has 0 aliphatic heterocycles. The summed E-state index contributed by atoms with van der Waals surface area (Å²) in [7, 11) is 0. The van der Waals surface area contributed by atoms with Crippen LogP contribution in [-0.2, 0) is 0 Å². The van der Waals surface area contributed by atoms with E-state index in [1.807, 2.05) is 18.5 Å². The monoisotopic (exact) mass is 192 g/mol. The summed E-state index contributed by atoms with van der Waals surface area (Å²) in [5.74, 6) is 0. The number of nitrogens with one attached hydrogen (secondary N) is 1. The minimum absolute atomic E-state index is 0.397. The minimum atomic E-state index is 0.397. The number of hydrogen-bond donors (Lipinski definition) is 1. The highest BCUT2D eigenvalue weighted by Crippen LogP contribution is 2.12. The molecular weight excluding hydrogens is 172 g/mol. The van der Waals surface area contributed by atoms with E-state index < -0.39 is 0 Å². The lowest BCUT2D eigenvalue weighted by Gasteiger charge is -2.20. The summed E-state index contributed by atoms with van der Waals surface area (Å²) >= 11 is 0. The molecule has 14 heavy (non-hydrogen) atoms. The van der Waals surface area contributed by atoms with Crippen molar-refractivity contribution in [1.29, 1.82) is 0 Å². The Bertz CT molecular complexity index is 242. The molecule has 0 aliphatic carbocycles. The molecule has 1 N–H and O–H groups in total. The van der Waals surface area contributed by atoms with Crippen molar-refractivity contribution in [3.8, 4) is 0 Å².